The van der Waals surface area contributed by atoms with Crippen LogP contribution in [0.5, 0.6) is 0 Å². The third kappa shape index (κ3) is 4.06. The summed E-state index contributed by atoms with van der Waals surface area (Å²) >= 11 is 0. The molecule has 0 aliphatic carbocycles. The van der Waals surface area contributed by atoms with Crippen LogP contribution in [0.15, 0.2) is 24.3 Å². The molecule has 0 bridgehead atoms. The topological polar surface area (TPSA) is 32.3 Å². The van der Waals surface area contributed by atoms with Gasteiger partial charge in [-0.25, -0.2) is 0 Å². The first kappa shape index (κ1) is 14.1. The summed E-state index contributed by atoms with van der Waals surface area (Å²) in [4.78, 5) is 14.4. The minimum absolute atomic E-state index is 0.152. The Kier molecular flexibility index (Phi) is 4.25. The van der Waals surface area contributed by atoms with Gasteiger partial charge in [-0.15, -0.1) is 0 Å². The number of aryl methyl sites for hydroxylation is 1. The first-order valence-corrected chi connectivity index (χ1v) is 7.00. The fraction of sp³-hybridized carbons (Fsp3) is 0.562. The smallest absolute Gasteiger partial charge is 0.227 e. The number of hydrogen-bond donors (Lipinski definition) is 1. The predicted molar refractivity (Wildman–Crippen MR) is 78.1 cm³/mol. The largest absolute Gasteiger partial charge is 0.341 e. The lowest BCUT2D eigenvalue weighted by Crippen LogP contribution is -2.39. The zero-order chi connectivity index (χ0) is 13.9. The molecule has 1 aromatic carbocycles. The minimum Gasteiger partial charge on any atom is -0.341 e. The van der Waals surface area contributed by atoms with Gasteiger partial charge in [0.1, 0.15) is 0 Å². The molecule has 1 amide bonds. The van der Waals surface area contributed by atoms with Crippen molar-refractivity contribution < 1.29 is 4.79 Å². The number of carbonyl (C=O) groups is 1. The van der Waals surface area contributed by atoms with Crippen LogP contribution in [0.3, 0.4) is 0 Å². The lowest BCUT2D eigenvalue weighted by Gasteiger charge is -2.29. The molecular weight excluding hydrogens is 236 g/mol. The van der Waals surface area contributed by atoms with Crippen molar-refractivity contribution in [1.82, 2.24) is 10.2 Å². The van der Waals surface area contributed by atoms with E-state index in [4.69, 9.17) is 0 Å². The maximum absolute atomic E-state index is 12.4. The maximum atomic E-state index is 12.4. The van der Waals surface area contributed by atoms with Crippen LogP contribution in [0.2, 0.25) is 0 Å². The second-order valence-electron chi connectivity index (χ2n) is 6.32. The van der Waals surface area contributed by atoms with E-state index < -0.39 is 0 Å². The molecule has 1 saturated heterocycles. The van der Waals surface area contributed by atoms with E-state index in [0.717, 1.165) is 31.7 Å². The molecule has 2 rings (SSSR count). The number of nitrogens with zero attached hydrogens (tertiary/aromatic N) is 1. The summed E-state index contributed by atoms with van der Waals surface area (Å²) in [5, 5.41) is 3.40. The van der Waals surface area contributed by atoms with Gasteiger partial charge in [0.15, 0.2) is 0 Å². The maximum Gasteiger partial charge on any atom is 0.227 e. The van der Waals surface area contributed by atoms with Crippen LogP contribution in [0, 0.1) is 12.3 Å². The Bertz CT molecular complexity index is 437. The molecule has 1 aliphatic heterocycles. The highest BCUT2D eigenvalue weighted by molar-refractivity contribution is 5.78. The Morgan fingerprint density at radius 2 is 2.00 bits per heavy atom. The average molecular weight is 260 g/mol. The van der Waals surface area contributed by atoms with Gasteiger partial charge >= 0.3 is 0 Å². The molecule has 104 valence electrons. The Morgan fingerprint density at radius 1 is 1.32 bits per heavy atom. The highest BCUT2D eigenvalue weighted by atomic mass is 16.2. The number of amides is 1. The van der Waals surface area contributed by atoms with E-state index in [1.54, 1.807) is 0 Å². The SMILES string of the molecule is Cc1ccc(CC(=O)N2CCNCC(C)(C)C2)cc1. The fourth-order valence-corrected chi connectivity index (χ4v) is 2.50. The van der Waals surface area contributed by atoms with E-state index in [9.17, 15) is 4.79 Å². The van der Waals surface area contributed by atoms with Crippen LogP contribution in [-0.2, 0) is 11.2 Å². The van der Waals surface area contributed by atoms with E-state index in [0.29, 0.717) is 6.42 Å². The lowest BCUT2D eigenvalue weighted by atomic mass is 9.93. The van der Waals surface area contributed by atoms with E-state index in [1.165, 1.54) is 5.56 Å². The molecule has 19 heavy (non-hydrogen) atoms. The summed E-state index contributed by atoms with van der Waals surface area (Å²) < 4.78 is 0. The molecule has 0 atom stereocenters. The molecular formula is C16H24N2O. The molecule has 1 N–H and O–H groups in total. The number of hydrogen-bond acceptors (Lipinski definition) is 2. The van der Waals surface area contributed by atoms with Gasteiger partial charge in [0.2, 0.25) is 5.91 Å². The van der Waals surface area contributed by atoms with Crippen molar-refractivity contribution in [3.8, 4) is 0 Å². The average Bonchev–Trinajstić information content (AvgIpc) is 2.53. The Hall–Kier alpha value is -1.35. The first-order chi connectivity index (χ1) is 8.96. The number of benzene rings is 1. The van der Waals surface area contributed by atoms with Crippen LogP contribution in [0.1, 0.15) is 25.0 Å². The van der Waals surface area contributed by atoms with Crippen LogP contribution in [0.4, 0.5) is 0 Å². The van der Waals surface area contributed by atoms with Crippen LogP contribution < -0.4 is 5.32 Å². The molecule has 0 radical (unpaired) electrons. The van der Waals surface area contributed by atoms with Gasteiger partial charge in [-0.2, -0.15) is 0 Å². The zero-order valence-corrected chi connectivity index (χ0v) is 12.2. The summed E-state index contributed by atoms with van der Waals surface area (Å²) in [6, 6.07) is 8.23. The van der Waals surface area contributed by atoms with Gasteiger partial charge in [-0.3, -0.25) is 4.79 Å². The third-order valence-corrected chi connectivity index (χ3v) is 3.61. The van der Waals surface area contributed by atoms with Gasteiger partial charge < -0.3 is 10.2 Å². The van der Waals surface area contributed by atoms with Crippen molar-refractivity contribution >= 4 is 5.91 Å². The van der Waals surface area contributed by atoms with Crippen LogP contribution in [-0.4, -0.2) is 37.0 Å². The van der Waals surface area contributed by atoms with Crippen molar-refractivity contribution in [2.24, 2.45) is 5.41 Å². The standard InChI is InChI=1S/C16H24N2O/c1-13-4-6-14(7-5-13)10-15(19)18-9-8-17-11-16(2,3)12-18/h4-7,17H,8-12H2,1-3H3. The molecule has 0 aromatic heterocycles. The summed E-state index contributed by atoms with van der Waals surface area (Å²) in [6.07, 6.45) is 0.510. The third-order valence-electron chi connectivity index (χ3n) is 3.61. The normalized spacial score (nSPS) is 19.0. The quantitative estimate of drug-likeness (QED) is 0.882. The number of nitrogens with one attached hydrogen (secondary N) is 1. The second kappa shape index (κ2) is 5.74. The zero-order valence-electron chi connectivity index (χ0n) is 12.2. The van der Waals surface area contributed by atoms with Crippen molar-refractivity contribution in [2.45, 2.75) is 27.2 Å². The fourth-order valence-electron chi connectivity index (χ4n) is 2.50. The van der Waals surface area contributed by atoms with Crippen molar-refractivity contribution in [3.05, 3.63) is 35.4 Å². The van der Waals surface area contributed by atoms with Gasteiger partial charge in [0.05, 0.1) is 6.42 Å². The van der Waals surface area contributed by atoms with E-state index in [-0.39, 0.29) is 11.3 Å². The van der Waals surface area contributed by atoms with E-state index in [1.807, 2.05) is 4.90 Å². The lowest BCUT2D eigenvalue weighted by molar-refractivity contribution is -0.131. The monoisotopic (exact) mass is 260 g/mol. The summed E-state index contributed by atoms with van der Waals surface area (Å²) in [5.41, 5.74) is 2.49. The Morgan fingerprint density at radius 3 is 2.68 bits per heavy atom. The minimum atomic E-state index is 0.152. The van der Waals surface area contributed by atoms with Crippen molar-refractivity contribution in [2.75, 3.05) is 26.2 Å². The highest BCUT2D eigenvalue weighted by Gasteiger charge is 2.27. The Labute approximate surface area is 116 Å². The molecule has 1 fully saturated rings. The second-order valence-corrected chi connectivity index (χ2v) is 6.32. The van der Waals surface area contributed by atoms with Gasteiger partial charge in [0.25, 0.3) is 0 Å². The van der Waals surface area contributed by atoms with Crippen LogP contribution >= 0.6 is 0 Å². The van der Waals surface area contributed by atoms with Crippen LogP contribution in [0.25, 0.3) is 0 Å². The van der Waals surface area contributed by atoms with Gasteiger partial charge in [-0.1, -0.05) is 43.7 Å². The molecule has 1 aliphatic rings. The summed E-state index contributed by atoms with van der Waals surface area (Å²) in [6.45, 7) is 9.99. The van der Waals surface area contributed by atoms with Crippen molar-refractivity contribution in [1.29, 1.82) is 0 Å². The number of carbonyl (C=O) groups excluding carboxylic acids is 1. The van der Waals surface area contributed by atoms with E-state index in [2.05, 4.69) is 50.4 Å². The van der Waals surface area contributed by atoms with Gasteiger partial charge in [0, 0.05) is 26.2 Å². The Balaban J connectivity index is 2.00. The van der Waals surface area contributed by atoms with Gasteiger partial charge in [-0.05, 0) is 17.9 Å². The van der Waals surface area contributed by atoms with E-state index >= 15 is 0 Å². The highest BCUT2D eigenvalue weighted by Crippen LogP contribution is 2.18. The molecule has 1 aromatic rings. The molecule has 0 spiro atoms. The summed E-state index contributed by atoms with van der Waals surface area (Å²) in [5.74, 6) is 0.237. The molecule has 0 saturated carbocycles. The molecule has 0 unspecified atom stereocenters. The molecule has 3 nitrogen and oxygen atoms in total. The molecule has 1 heterocycles. The molecule has 3 heteroatoms. The van der Waals surface area contributed by atoms with Crippen molar-refractivity contribution in [3.63, 3.8) is 0 Å². The summed E-state index contributed by atoms with van der Waals surface area (Å²) in [7, 11) is 0. The predicted octanol–water partition coefficient (Wildman–Crippen LogP) is 2.00. The number of rotatable bonds is 2. The first-order valence-electron chi connectivity index (χ1n) is 7.00.